The van der Waals surface area contributed by atoms with Crippen molar-refractivity contribution in [2.75, 3.05) is 0 Å². The summed E-state index contributed by atoms with van der Waals surface area (Å²) >= 11 is 2.08. The van der Waals surface area contributed by atoms with Crippen LogP contribution in [0.3, 0.4) is 0 Å². The van der Waals surface area contributed by atoms with Gasteiger partial charge in [-0.1, -0.05) is 42.5 Å². The number of hydrogen-bond donors (Lipinski definition) is 1. The van der Waals surface area contributed by atoms with Gasteiger partial charge < -0.3 is 29.9 Å². The van der Waals surface area contributed by atoms with Crippen LogP contribution in [-0.2, 0) is 20.0 Å². The summed E-state index contributed by atoms with van der Waals surface area (Å²) in [6, 6.07) is 17.3. The van der Waals surface area contributed by atoms with Gasteiger partial charge in [0.05, 0.1) is 0 Å². The first-order valence-electron chi connectivity index (χ1n) is 7.17. The predicted molar refractivity (Wildman–Crippen MR) is 91.5 cm³/mol. The van der Waals surface area contributed by atoms with Crippen LogP contribution in [0.5, 0.6) is 5.75 Å². The summed E-state index contributed by atoms with van der Waals surface area (Å²) in [6.07, 6.45) is 10.0. The van der Waals surface area contributed by atoms with Crippen LogP contribution in [0.2, 0.25) is 0 Å². The molecule has 1 N–H and O–H groups in total. The third-order valence-electron chi connectivity index (χ3n) is 2.54. The van der Waals surface area contributed by atoms with Crippen LogP contribution in [0, 0.1) is 6.08 Å². The van der Waals surface area contributed by atoms with Gasteiger partial charge in [-0.05, 0) is 23.3 Å². The van der Waals surface area contributed by atoms with E-state index in [2.05, 4.69) is 46.0 Å². The van der Waals surface area contributed by atoms with Gasteiger partial charge in [0.25, 0.3) is 0 Å². The Morgan fingerprint density at radius 2 is 1.54 bits per heavy atom. The number of halogens is 2. The van der Waals surface area contributed by atoms with Gasteiger partial charge in [-0.3, -0.25) is 6.08 Å². The Bertz CT molecular complexity index is 623. The summed E-state index contributed by atoms with van der Waals surface area (Å²) in [6.45, 7) is 4.17. The topological polar surface area (TPSA) is 20.2 Å². The molecule has 0 radical (unpaired) electrons. The molecule has 0 saturated carbocycles. The molecule has 127 valence electrons. The number of phenolic OH excluding ortho intramolecular Hbond substituents is 1. The molecule has 2 aromatic carbocycles. The Kier molecular flexibility index (Phi) is 16.1. The van der Waals surface area contributed by atoms with Gasteiger partial charge in [-0.2, -0.15) is 6.08 Å². The Hall–Kier alpha value is -1.12. The normalized spacial score (nSPS) is 10.2. The van der Waals surface area contributed by atoms with Crippen molar-refractivity contribution in [3.63, 3.8) is 0 Å². The van der Waals surface area contributed by atoms with Crippen molar-refractivity contribution in [2.24, 2.45) is 0 Å². The number of aromatic hydroxyl groups is 1. The fraction of sp³-hybridized carbons (Fsp3) is 0.150. The molecule has 1 aliphatic carbocycles. The summed E-state index contributed by atoms with van der Waals surface area (Å²) < 4.78 is 1.42. The van der Waals surface area contributed by atoms with Gasteiger partial charge in [-0.25, -0.2) is 12.2 Å². The molecule has 0 bridgehead atoms. The standard InChI is InChI=1S/C12H10O.C5H5.C3H6.2ClH.Ti/c13-12-8-4-7-11(9-12)10-5-2-1-3-6-10;1-2-4-5-3-1;1-3-2;;;/h1-9,13H;1-3H,4H2;1-2H3;2*1H;/q;-1;;;;+1/p-2. The zero-order valence-electron chi connectivity index (χ0n) is 13.8. The fourth-order valence-electron chi connectivity index (χ4n) is 1.66. The minimum absolute atomic E-state index is 0. The second-order valence-electron chi connectivity index (χ2n) is 4.92. The van der Waals surface area contributed by atoms with Gasteiger partial charge >= 0.3 is 37.6 Å². The first-order chi connectivity index (χ1) is 10.6. The Morgan fingerprint density at radius 1 is 0.958 bits per heavy atom. The van der Waals surface area contributed by atoms with Gasteiger partial charge in [0.1, 0.15) is 5.75 Å². The summed E-state index contributed by atoms with van der Waals surface area (Å²) in [5.74, 6) is 0.307. The quantitative estimate of drug-likeness (QED) is 0.491. The van der Waals surface area contributed by atoms with E-state index in [0.29, 0.717) is 5.75 Å². The summed E-state index contributed by atoms with van der Waals surface area (Å²) in [4.78, 5) is 0. The van der Waals surface area contributed by atoms with E-state index in [1.807, 2.05) is 54.6 Å². The number of allylic oxidation sites excluding steroid dienone is 4. The number of rotatable bonds is 1. The molecular weight excluding hydrogens is 375 g/mol. The average molecular weight is 396 g/mol. The van der Waals surface area contributed by atoms with E-state index in [1.54, 1.807) is 12.1 Å². The van der Waals surface area contributed by atoms with E-state index >= 15 is 0 Å². The van der Waals surface area contributed by atoms with Crippen molar-refractivity contribution in [3.05, 3.63) is 78.9 Å². The van der Waals surface area contributed by atoms with Crippen LogP contribution < -0.4 is 24.8 Å². The van der Waals surface area contributed by atoms with Crippen molar-refractivity contribution < 1.29 is 49.9 Å². The van der Waals surface area contributed by atoms with E-state index in [4.69, 9.17) is 0 Å². The number of phenols is 1. The molecule has 0 unspecified atom stereocenters. The maximum atomic E-state index is 9.27. The molecule has 2 aromatic rings. The maximum absolute atomic E-state index is 9.27. The molecule has 0 fully saturated rings. The molecule has 0 aromatic heterocycles. The molecule has 3 rings (SSSR count). The van der Waals surface area contributed by atoms with E-state index in [0.717, 1.165) is 17.5 Å². The monoisotopic (exact) mass is 395 g/mol. The predicted octanol–water partition coefficient (Wildman–Crippen LogP) is -0.882. The van der Waals surface area contributed by atoms with Crippen LogP contribution in [0.25, 0.3) is 11.1 Å². The van der Waals surface area contributed by atoms with Crippen LogP contribution in [0.15, 0.2) is 72.8 Å². The number of benzene rings is 2. The molecule has 0 saturated heterocycles. The van der Waals surface area contributed by atoms with Crippen molar-refractivity contribution in [3.8, 4) is 16.9 Å². The Balaban J connectivity index is 0. The van der Waals surface area contributed by atoms with Gasteiger partial charge in [0, 0.05) is 0 Å². The van der Waals surface area contributed by atoms with Crippen molar-refractivity contribution in [1.82, 2.24) is 0 Å². The largest absolute Gasteiger partial charge is 1.00 e. The maximum Gasteiger partial charge on any atom is 0.116 e. The molecule has 4 heteroatoms. The van der Waals surface area contributed by atoms with Crippen LogP contribution >= 0.6 is 0 Å². The minimum Gasteiger partial charge on any atom is -1.00 e. The molecule has 0 aliphatic heterocycles. The molecule has 24 heavy (non-hydrogen) atoms. The van der Waals surface area contributed by atoms with Crippen LogP contribution in [-0.4, -0.2) is 8.92 Å². The molecule has 0 atom stereocenters. The second-order valence-corrected chi connectivity index (χ2v) is 6.48. The van der Waals surface area contributed by atoms with E-state index < -0.39 is 0 Å². The van der Waals surface area contributed by atoms with Crippen molar-refractivity contribution in [2.45, 2.75) is 20.3 Å². The first-order valence-corrected chi connectivity index (χ1v) is 7.95. The van der Waals surface area contributed by atoms with Crippen LogP contribution in [0.4, 0.5) is 0 Å². The van der Waals surface area contributed by atoms with E-state index in [-0.39, 0.29) is 24.8 Å². The number of hydrogen-bond acceptors (Lipinski definition) is 1. The van der Waals surface area contributed by atoms with Gasteiger partial charge in [0.2, 0.25) is 0 Å². The second kappa shape index (κ2) is 15.4. The van der Waals surface area contributed by atoms with Crippen molar-refractivity contribution in [1.29, 1.82) is 0 Å². The van der Waals surface area contributed by atoms with Crippen molar-refractivity contribution >= 4 is 3.81 Å². The smallest absolute Gasteiger partial charge is 0.116 e. The summed E-state index contributed by atoms with van der Waals surface area (Å²) in [5, 5.41) is 9.27. The molecule has 0 amide bonds. The summed E-state index contributed by atoms with van der Waals surface area (Å²) in [5.41, 5.74) is 2.17. The third kappa shape index (κ3) is 12.3. The molecule has 0 spiro atoms. The van der Waals surface area contributed by atoms with Gasteiger partial charge in [-0.15, -0.1) is 6.42 Å². The van der Waals surface area contributed by atoms with E-state index in [1.165, 1.54) is 3.81 Å². The van der Waals surface area contributed by atoms with E-state index in [9.17, 15) is 5.11 Å². The van der Waals surface area contributed by atoms with Gasteiger partial charge in [0.15, 0.2) is 0 Å². The molecule has 1 aliphatic rings. The average Bonchev–Trinajstić information content (AvgIpc) is 3.07. The zero-order chi connectivity index (χ0) is 16.2. The SMILES string of the molecule is C[C](C)=[Ti+].Oc1cccc(-c2ccccc2)c1.[C-]1=CC=CC1.[Cl-].[Cl-]. The minimum atomic E-state index is 0. The molecular formula is C20H21Cl2OTi-2. The zero-order valence-corrected chi connectivity index (χ0v) is 16.9. The van der Waals surface area contributed by atoms with Crippen LogP contribution in [0.1, 0.15) is 20.3 Å². The summed E-state index contributed by atoms with van der Waals surface area (Å²) in [7, 11) is 0. The Labute approximate surface area is 169 Å². The fourth-order valence-corrected chi connectivity index (χ4v) is 1.66. The molecule has 1 nitrogen and oxygen atoms in total. The Morgan fingerprint density at radius 3 is 1.96 bits per heavy atom. The molecule has 0 heterocycles. The third-order valence-corrected chi connectivity index (χ3v) is 2.54. The first kappa shape index (κ1) is 25.1.